The summed E-state index contributed by atoms with van der Waals surface area (Å²) in [6, 6.07) is 10.7. The van der Waals surface area contributed by atoms with Crippen LogP contribution in [0.5, 0.6) is 0 Å². The van der Waals surface area contributed by atoms with Crippen LogP contribution in [0.15, 0.2) is 30.3 Å². The van der Waals surface area contributed by atoms with Crippen LogP contribution in [0.2, 0.25) is 0 Å². The zero-order valence-electron chi connectivity index (χ0n) is 10.5. The van der Waals surface area contributed by atoms with Crippen molar-refractivity contribution in [2.75, 3.05) is 13.2 Å². The van der Waals surface area contributed by atoms with Crippen LogP contribution in [0.4, 0.5) is 0 Å². The van der Waals surface area contributed by atoms with Crippen molar-refractivity contribution in [3.63, 3.8) is 0 Å². The lowest BCUT2D eigenvalue weighted by Gasteiger charge is -2.23. The Labute approximate surface area is 108 Å². The molecule has 0 aliphatic carbocycles. The van der Waals surface area contributed by atoms with Crippen LogP contribution in [0.3, 0.4) is 0 Å². The van der Waals surface area contributed by atoms with Gasteiger partial charge in [-0.15, -0.1) is 0 Å². The van der Waals surface area contributed by atoms with E-state index in [0.29, 0.717) is 18.3 Å². The summed E-state index contributed by atoms with van der Waals surface area (Å²) >= 11 is 0. The summed E-state index contributed by atoms with van der Waals surface area (Å²) in [7, 11) is 0. The van der Waals surface area contributed by atoms with E-state index in [1.807, 2.05) is 6.07 Å². The molecule has 3 nitrogen and oxygen atoms in total. The van der Waals surface area contributed by atoms with E-state index in [1.54, 1.807) is 0 Å². The maximum absolute atomic E-state index is 11.7. The summed E-state index contributed by atoms with van der Waals surface area (Å²) < 4.78 is 5.46. The van der Waals surface area contributed by atoms with Gasteiger partial charge >= 0.3 is 0 Å². The summed E-state index contributed by atoms with van der Waals surface area (Å²) in [4.78, 5) is 11.7. The summed E-state index contributed by atoms with van der Waals surface area (Å²) in [6.45, 7) is 1.68. The zero-order valence-corrected chi connectivity index (χ0v) is 10.5. The van der Waals surface area contributed by atoms with E-state index >= 15 is 0 Å². The molecule has 3 atom stereocenters. The minimum Gasteiger partial charge on any atom is -0.381 e. The van der Waals surface area contributed by atoms with Crippen molar-refractivity contribution < 1.29 is 9.53 Å². The summed E-state index contributed by atoms with van der Waals surface area (Å²) in [6.07, 6.45) is 2.71. The molecule has 1 aromatic carbocycles. The van der Waals surface area contributed by atoms with Crippen molar-refractivity contribution in [2.24, 2.45) is 11.8 Å². The molecule has 18 heavy (non-hydrogen) atoms. The van der Waals surface area contributed by atoms with Gasteiger partial charge in [-0.2, -0.15) is 0 Å². The van der Waals surface area contributed by atoms with Crippen LogP contribution in [-0.2, 0) is 16.0 Å². The number of carbonyl (C=O) groups excluding carboxylic acids is 1. The Morgan fingerprint density at radius 1 is 1.28 bits per heavy atom. The Hall–Kier alpha value is -1.35. The molecule has 1 N–H and O–H groups in total. The first-order valence-corrected chi connectivity index (χ1v) is 6.74. The van der Waals surface area contributed by atoms with Gasteiger partial charge in [-0.1, -0.05) is 30.3 Å². The standard InChI is InChI=1S/C15H19NO2/c17-15-9-13(12-6-7-18-10-12)14(16-15)8-11-4-2-1-3-5-11/h1-5,12-14H,6-10H2,(H,16,17). The first-order chi connectivity index (χ1) is 8.83. The quantitative estimate of drug-likeness (QED) is 0.881. The van der Waals surface area contributed by atoms with Gasteiger partial charge in [0.05, 0.1) is 0 Å². The van der Waals surface area contributed by atoms with E-state index in [0.717, 1.165) is 26.1 Å². The molecule has 0 bridgehead atoms. The highest BCUT2D eigenvalue weighted by atomic mass is 16.5. The summed E-state index contributed by atoms with van der Waals surface area (Å²) in [5.41, 5.74) is 1.30. The molecule has 3 unspecified atom stereocenters. The van der Waals surface area contributed by atoms with E-state index in [9.17, 15) is 4.79 Å². The van der Waals surface area contributed by atoms with Crippen molar-refractivity contribution in [1.29, 1.82) is 0 Å². The number of rotatable bonds is 3. The molecule has 3 heteroatoms. The van der Waals surface area contributed by atoms with Gasteiger partial charge in [0.15, 0.2) is 0 Å². The van der Waals surface area contributed by atoms with Gasteiger partial charge in [-0.05, 0) is 30.2 Å². The van der Waals surface area contributed by atoms with Gasteiger partial charge in [0.25, 0.3) is 0 Å². The molecule has 2 aliphatic rings. The van der Waals surface area contributed by atoms with Crippen molar-refractivity contribution >= 4 is 5.91 Å². The Morgan fingerprint density at radius 2 is 2.11 bits per heavy atom. The highest BCUT2D eigenvalue weighted by molar-refractivity contribution is 5.79. The van der Waals surface area contributed by atoms with Crippen LogP contribution >= 0.6 is 0 Å². The topological polar surface area (TPSA) is 38.3 Å². The van der Waals surface area contributed by atoms with E-state index in [1.165, 1.54) is 5.56 Å². The molecule has 2 fully saturated rings. The molecule has 2 saturated heterocycles. The second-order valence-corrected chi connectivity index (χ2v) is 5.36. The Kier molecular flexibility index (Phi) is 3.33. The zero-order chi connectivity index (χ0) is 12.4. The average Bonchev–Trinajstić information content (AvgIpc) is 3.00. The van der Waals surface area contributed by atoms with Gasteiger partial charge in [-0.25, -0.2) is 0 Å². The normalized spacial score (nSPS) is 31.6. The molecule has 0 aromatic heterocycles. The van der Waals surface area contributed by atoms with Gasteiger partial charge < -0.3 is 10.1 Å². The van der Waals surface area contributed by atoms with E-state index in [2.05, 4.69) is 29.6 Å². The van der Waals surface area contributed by atoms with Gasteiger partial charge in [0, 0.05) is 25.7 Å². The van der Waals surface area contributed by atoms with Crippen molar-refractivity contribution in [3.05, 3.63) is 35.9 Å². The summed E-state index contributed by atoms with van der Waals surface area (Å²) in [5.74, 6) is 1.20. The first kappa shape index (κ1) is 11.7. The van der Waals surface area contributed by atoms with E-state index in [-0.39, 0.29) is 11.9 Å². The van der Waals surface area contributed by atoms with Crippen molar-refractivity contribution in [2.45, 2.75) is 25.3 Å². The average molecular weight is 245 g/mol. The Bertz CT molecular complexity index is 412. The molecule has 0 radical (unpaired) electrons. The molecule has 3 rings (SSSR count). The Morgan fingerprint density at radius 3 is 2.83 bits per heavy atom. The van der Waals surface area contributed by atoms with Gasteiger partial charge in [0.1, 0.15) is 0 Å². The lowest BCUT2D eigenvalue weighted by atomic mass is 9.83. The lowest BCUT2D eigenvalue weighted by Crippen LogP contribution is -2.34. The monoisotopic (exact) mass is 245 g/mol. The van der Waals surface area contributed by atoms with E-state index in [4.69, 9.17) is 4.74 Å². The molecule has 96 valence electrons. The second-order valence-electron chi connectivity index (χ2n) is 5.36. The molecular weight excluding hydrogens is 226 g/mol. The predicted octanol–water partition coefficient (Wildman–Crippen LogP) is 1.77. The molecule has 0 spiro atoms. The third kappa shape index (κ3) is 2.41. The largest absolute Gasteiger partial charge is 0.381 e. The van der Waals surface area contributed by atoms with Crippen LogP contribution in [0.1, 0.15) is 18.4 Å². The predicted molar refractivity (Wildman–Crippen MR) is 69.1 cm³/mol. The highest BCUT2D eigenvalue weighted by Gasteiger charge is 2.38. The van der Waals surface area contributed by atoms with Crippen LogP contribution in [-0.4, -0.2) is 25.2 Å². The Balaban J connectivity index is 1.71. The number of carbonyl (C=O) groups is 1. The fraction of sp³-hybridized carbons (Fsp3) is 0.533. The number of amides is 1. The third-order valence-electron chi connectivity index (χ3n) is 4.15. The molecule has 2 aliphatic heterocycles. The molecule has 2 heterocycles. The number of benzene rings is 1. The number of hydrogen-bond donors (Lipinski definition) is 1. The molecule has 0 saturated carbocycles. The molecule has 1 amide bonds. The van der Waals surface area contributed by atoms with Crippen LogP contribution in [0, 0.1) is 11.8 Å². The number of nitrogens with one attached hydrogen (secondary N) is 1. The summed E-state index contributed by atoms with van der Waals surface area (Å²) in [5, 5.41) is 3.13. The van der Waals surface area contributed by atoms with Crippen LogP contribution < -0.4 is 5.32 Å². The van der Waals surface area contributed by atoms with E-state index < -0.39 is 0 Å². The fourth-order valence-electron chi connectivity index (χ4n) is 3.19. The number of hydrogen-bond acceptors (Lipinski definition) is 2. The SMILES string of the molecule is O=C1CC(C2CCOC2)C(Cc2ccccc2)N1. The van der Waals surface area contributed by atoms with Crippen molar-refractivity contribution in [1.82, 2.24) is 5.32 Å². The molecule has 1 aromatic rings. The van der Waals surface area contributed by atoms with Gasteiger partial charge in [0.2, 0.25) is 5.91 Å². The third-order valence-corrected chi connectivity index (χ3v) is 4.15. The lowest BCUT2D eigenvalue weighted by molar-refractivity contribution is -0.119. The maximum atomic E-state index is 11.7. The van der Waals surface area contributed by atoms with Crippen molar-refractivity contribution in [3.8, 4) is 0 Å². The van der Waals surface area contributed by atoms with Crippen LogP contribution in [0.25, 0.3) is 0 Å². The first-order valence-electron chi connectivity index (χ1n) is 6.74. The van der Waals surface area contributed by atoms with Gasteiger partial charge in [-0.3, -0.25) is 4.79 Å². The smallest absolute Gasteiger partial charge is 0.220 e. The highest BCUT2D eigenvalue weighted by Crippen LogP contribution is 2.32. The second kappa shape index (κ2) is 5.11. The number of ether oxygens (including phenoxy) is 1. The molecular formula is C15H19NO2. The fourth-order valence-corrected chi connectivity index (χ4v) is 3.19. The minimum atomic E-state index is 0.202. The minimum absolute atomic E-state index is 0.202. The maximum Gasteiger partial charge on any atom is 0.220 e.